The van der Waals surface area contributed by atoms with Crippen LogP contribution in [0.5, 0.6) is 0 Å². The number of ether oxygens (including phenoxy) is 1. The van der Waals surface area contributed by atoms with Crippen molar-refractivity contribution in [2.24, 2.45) is 0 Å². The maximum Gasteiger partial charge on any atom is 0.305 e. The van der Waals surface area contributed by atoms with Gasteiger partial charge in [-0.05, 0) is 83.5 Å². The summed E-state index contributed by atoms with van der Waals surface area (Å²) in [6.07, 6.45) is 86.5. The molecule has 0 aromatic rings. The molecule has 78 heavy (non-hydrogen) atoms. The van der Waals surface area contributed by atoms with Gasteiger partial charge in [-0.25, -0.2) is 0 Å². The Labute approximate surface area is 487 Å². The summed E-state index contributed by atoms with van der Waals surface area (Å²) in [5.41, 5.74) is 0. The lowest BCUT2D eigenvalue weighted by atomic mass is 10.0. The molecule has 0 rings (SSSR count). The number of carbonyl (C=O) groups excluding carboxylic acids is 2. The summed E-state index contributed by atoms with van der Waals surface area (Å²) in [6, 6.07) is -0.630. The zero-order valence-electron chi connectivity index (χ0n) is 52.7. The third kappa shape index (κ3) is 63.3. The molecule has 6 nitrogen and oxygen atoms in total. The number of hydrogen-bond acceptors (Lipinski definition) is 5. The molecule has 1 amide bonds. The van der Waals surface area contributed by atoms with Gasteiger partial charge in [-0.3, -0.25) is 9.59 Å². The Balaban J connectivity index is 3.42. The molecule has 0 saturated heterocycles. The van der Waals surface area contributed by atoms with Gasteiger partial charge >= 0.3 is 5.97 Å². The van der Waals surface area contributed by atoms with Crippen molar-refractivity contribution in [1.29, 1.82) is 0 Å². The fourth-order valence-electron chi connectivity index (χ4n) is 11.0. The van der Waals surface area contributed by atoms with Gasteiger partial charge in [0, 0.05) is 12.8 Å². The topological polar surface area (TPSA) is 95.9 Å². The Morgan fingerprint density at radius 3 is 0.923 bits per heavy atom. The number of aliphatic hydroxyl groups excluding tert-OH is 2. The summed E-state index contributed by atoms with van der Waals surface area (Å²) in [6.45, 7) is 4.92. The zero-order valence-corrected chi connectivity index (χ0v) is 52.7. The molecule has 0 aliphatic rings. The average Bonchev–Trinajstić information content (AvgIpc) is 3.44. The van der Waals surface area contributed by atoms with Crippen LogP contribution in [0.2, 0.25) is 0 Å². The molecule has 3 N–H and O–H groups in total. The molecule has 0 saturated carbocycles. The molecule has 0 spiro atoms. The van der Waals surface area contributed by atoms with Crippen molar-refractivity contribution in [2.75, 3.05) is 13.2 Å². The molecule has 2 unspecified atom stereocenters. The monoisotopic (exact) mass is 1100 g/mol. The highest BCUT2D eigenvalue weighted by molar-refractivity contribution is 5.76. The lowest BCUT2D eigenvalue weighted by Crippen LogP contribution is -2.45. The first-order chi connectivity index (χ1) is 38.5. The predicted octanol–water partition coefficient (Wildman–Crippen LogP) is 22.7. The van der Waals surface area contributed by atoms with Crippen LogP contribution in [-0.4, -0.2) is 47.4 Å². The molecule has 0 radical (unpaired) electrons. The van der Waals surface area contributed by atoms with Gasteiger partial charge in [-0.1, -0.05) is 326 Å². The molecular formula is C72H137NO5. The molecule has 6 heteroatoms. The maximum absolute atomic E-state index is 12.5. The number of amides is 1. The highest BCUT2D eigenvalue weighted by Gasteiger charge is 2.18. The van der Waals surface area contributed by atoms with E-state index in [2.05, 4.69) is 43.5 Å². The second-order valence-corrected chi connectivity index (χ2v) is 24.2. The summed E-state index contributed by atoms with van der Waals surface area (Å²) in [4.78, 5) is 24.6. The van der Waals surface area contributed by atoms with E-state index in [1.165, 1.54) is 315 Å². The first-order valence-corrected chi connectivity index (χ1v) is 35.3. The van der Waals surface area contributed by atoms with E-state index in [-0.39, 0.29) is 18.5 Å². The van der Waals surface area contributed by atoms with E-state index in [1.54, 1.807) is 6.08 Å². The Morgan fingerprint density at radius 2 is 0.603 bits per heavy atom. The minimum absolute atomic E-state index is 0.00582. The third-order valence-corrected chi connectivity index (χ3v) is 16.4. The Bertz CT molecular complexity index is 1260. The van der Waals surface area contributed by atoms with Crippen LogP contribution in [-0.2, 0) is 14.3 Å². The molecule has 0 aromatic carbocycles. The van der Waals surface area contributed by atoms with E-state index in [0.717, 1.165) is 44.9 Å². The summed E-state index contributed by atoms with van der Waals surface area (Å²) >= 11 is 0. The number of esters is 1. The van der Waals surface area contributed by atoms with Crippen LogP contribution >= 0.6 is 0 Å². The molecule has 0 aliphatic heterocycles. The molecule has 0 bridgehead atoms. The highest BCUT2D eigenvalue weighted by atomic mass is 16.5. The van der Waals surface area contributed by atoms with E-state index in [0.29, 0.717) is 19.4 Å². The SMILES string of the molecule is CCCCCC/C=C\CCCCCCCC(=O)OCCCCCCCCCCCCCC/C=C\CCCCCCCCCCCCCC(=O)NC(CO)C(O)/C=C/CCCCCCCCCCCCCCCCCCCCC. The summed E-state index contributed by atoms with van der Waals surface area (Å²) in [5.74, 6) is -0.0595. The smallest absolute Gasteiger partial charge is 0.305 e. The fourth-order valence-corrected chi connectivity index (χ4v) is 11.0. The van der Waals surface area contributed by atoms with E-state index >= 15 is 0 Å². The van der Waals surface area contributed by atoms with Crippen molar-refractivity contribution >= 4 is 11.9 Å². The minimum atomic E-state index is -0.846. The van der Waals surface area contributed by atoms with Crippen LogP contribution in [0.15, 0.2) is 36.5 Å². The first kappa shape index (κ1) is 76.1. The van der Waals surface area contributed by atoms with Gasteiger partial charge in [0.15, 0.2) is 0 Å². The molecule has 0 aromatic heterocycles. The van der Waals surface area contributed by atoms with Gasteiger partial charge < -0.3 is 20.3 Å². The van der Waals surface area contributed by atoms with E-state index in [9.17, 15) is 19.8 Å². The van der Waals surface area contributed by atoms with Gasteiger partial charge in [0.1, 0.15) is 0 Å². The van der Waals surface area contributed by atoms with Crippen molar-refractivity contribution in [3.05, 3.63) is 36.5 Å². The molecule has 0 aliphatic carbocycles. The van der Waals surface area contributed by atoms with Crippen molar-refractivity contribution in [3.8, 4) is 0 Å². The second kappa shape index (κ2) is 67.6. The molecule has 0 heterocycles. The van der Waals surface area contributed by atoms with E-state index in [1.807, 2.05) is 6.08 Å². The third-order valence-electron chi connectivity index (χ3n) is 16.4. The number of nitrogens with one attached hydrogen (secondary N) is 1. The quantitative estimate of drug-likeness (QED) is 0.0320. The summed E-state index contributed by atoms with van der Waals surface area (Å²) in [7, 11) is 0. The number of carbonyl (C=O) groups is 2. The van der Waals surface area contributed by atoms with Gasteiger partial charge in [-0.2, -0.15) is 0 Å². The van der Waals surface area contributed by atoms with Crippen molar-refractivity contribution in [2.45, 2.75) is 398 Å². The normalized spacial score (nSPS) is 12.7. The van der Waals surface area contributed by atoms with Gasteiger partial charge in [0.2, 0.25) is 5.91 Å². The molecular weight excluding hydrogens is 959 g/mol. The fraction of sp³-hybridized carbons (Fsp3) is 0.889. The standard InChI is InChI=1S/C72H137NO5/c1-3-5-7-9-11-13-15-17-18-19-20-28-31-34-37-41-44-48-52-56-60-64-70(75)69(68-74)73-71(76)65-61-57-53-49-45-42-38-35-32-29-26-24-22-21-23-25-27-30-33-36-39-43-47-51-55-59-63-67-78-72(77)66-62-58-54-50-46-40-16-14-12-10-8-6-4-2/h14,16,21-22,60,64,69-70,74-75H,3-13,15,17-20,23-59,61-63,65-68H2,1-2H3,(H,73,76)/b16-14-,22-21-,64-60+. The van der Waals surface area contributed by atoms with Crippen LogP contribution in [0.4, 0.5) is 0 Å². The number of hydrogen-bond donors (Lipinski definition) is 3. The van der Waals surface area contributed by atoms with Crippen molar-refractivity contribution < 1.29 is 24.5 Å². The summed E-state index contributed by atoms with van der Waals surface area (Å²) < 4.78 is 5.48. The lowest BCUT2D eigenvalue weighted by molar-refractivity contribution is -0.143. The number of unbranched alkanes of at least 4 members (excludes halogenated alkanes) is 51. The van der Waals surface area contributed by atoms with Crippen LogP contribution in [0, 0.1) is 0 Å². The van der Waals surface area contributed by atoms with E-state index < -0.39 is 12.1 Å². The molecule has 2 atom stereocenters. The Morgan fingerprint density at radius 1 is 0.346 bits per heavy atom. The number of allylic oxidation sites excluding steroid dienone is 5. The maximum atomic E-state index is 12.5. The Kier molecular flexibility index (Phi) is 65.9. The molecule has 460 valence electrons. The number of rotatable bonds is 66. The van der Waals surface area contributed by atoms with Crippen LogP contribution in [0.25, 0.3) is 0 Å². The Hall–Kier alpha value is -1.92. The first-order valence-electron chi connectivity index (χ1n) is 35.3. The van der Waals surface area contributed by atoms with Gasteiger partial charge in [0.25, 0.3) is 0 Å². The minimum Gasteiger partial charge on any atom is -0.466 e. The van der Waals surface area contributed by atoms with Crippen molar-refractivity contribution in [3.63, 3.8) is 0 Å². The second-order valence-electron chi connectivity index (χ2n) is 24.2. The highest BCUT2D eigenvalue weighted by Crippen LogP contribution is 2.18. The number of aliphatic hydroxyl groups is 2. The van der Waals surface area contributed by atoms with Crippen molar-refractivity contribution in [1.82, 2.24) is 5.32 Å². The van der Waals surface area contributed by atoms with Crippen LogP contribution < -0.4 is 5.32 Å². The van der Waals surface area contributed by atoms with Gasteiger partial charge in [0.05, 0.1) is 25.4 Å². The molecule has 0 fully saturated rings. The zero-order chi connectivity index (χ0) is 56.4. The van der Waals surface area contributed by atoms with Crippen LogP contribution in [0.1, 0.15) is 386 Å². The van der Waals surface area contributed by atoms with Gasteiger partial charge in [-0.15, -0.1) is 0 Å². The largest absolute Gasteiger partial charge is 0.466 e. The predicted molar refractivity (Wildman–Crippen MR) is 343 cm³/mol. The lowest BCUT2D eigenvalue weighted by Gasteiger charge is -2.20. The van der Waals surface area contributed by atoms with E-state index in [4.69, 9.17) is 4.74 Å². The van der Waals surface area contributed by atoms with Crippen LogP contribution in [0.3, 0.4) is 0 Å². The average molecular weight is 1100 g/mol. The summed E-state index contributed by atoms with van der Waals surface area (Å²) in [5, 5.41) is 23.2.